The van der Waals surface area contributed by atoms with Gasteiger partial charge >= 0.3 is 0 Å². The molecule has 5 heteroatoms. The van der Waals surface area contributed by atoms with Crippen LogP contribution >= 0.6 is 0 Å². The lowest BCUT2D eigenvalue weighted by atomic mass is 9.94. The van der Waals surface area contributed by atoms with Crippen LogP contribution in [0.1, 0.15) is 0 Å². The van der Waals surface area contributed by atoms with Gasteiger partial charge < -0.3 is 13.4 Å². The van der Waals surface area contributed by atoms with Crippen molar-refractivity contribution in [3.63, 3.8) is 0 Å². The maximum absolute atomic E-state index is 5.53. The van der Waals surface area contributed by atoms with Gasteiger partial charge in [-0.3, -0.25) is 0 Å². The van der Waals surface area contributed by atoms with Crippen LogP contribution in [0.25, 0.3) is 83.4 Å². The van der Waals surface area contributed by atoms with E-state index in [9.17, 15) is 0 Å². The molecule has 6 aromatic carbocycles. The molecule has 9 aromatic rings. The zero-order chi connectivity index (χ0) is 29.7. The Morgan fingerprint density at radius 2 is 1.02 bits per heavy atom. The van der Waals surface area contributed by atoms with E-state index in [4.69, 9.17) is 8.83 Å². The van der Waals surface area contributed by atoms with Crippen LogP contribution in [0.4, 0.5) is 0 Å². The lowest BCUT2D eigenvalue weighted by Crippen LogP contribution is -1.94. The molecule has 0 saturated heterocycles. The normalized spacial score (nSPS) is 11.6. The molecule has 45 heavy (non-hydrogen) atoms. The molecule has 0 aliphatic rings. The molecule has 0 spiro atoms. The van der Waals surface area contributed by atoms with Crippen molar-refractivity contribution < 1.29 is 8.83 Å². The Kier molecular flexibility index (Phi) is 5.74. The fourth-order valence-electron chi connectivity index (χ4n) is 6.48. The van der Waals surface area contributed by atoms with Gasteiger partial charge in [0, 0.05) is 27.6 Å². The molecule has 0 aliphatic carbocycles. The number of hydrogen-bond acceptors (Lipinski definition) is 4. The quantitative estimate of drug-likeness (QED) is 0.204. The lowest BCUT2D eigenvalue weighted by molar-refractivity contribution is 0.574. The lowest BCUT2D eigenvalue weighted by Gasteiger charge is -2.12. The Balaban J connectivity index is 1.28. The number of fused-ring (bicyclic) bond motifs is 5. The van der Waals surface area contributed by atoms with Gasteiger partial charge in [0.15, 0.2) is 0 Å². The first-order valence-corrected chi connectivity index (χ1v) is 14.9. The number of oxazole rings is 2. The Hall–Kier alpha value is -6.20. The molecule has 0 aliphatic heterocycles. The molecule has 0 saturated carbocycles. The van der Waals surface area contributed by atoms with Crippen molar-refractivity contribution >= 4 is 32.6 Å². The third kappa shape index (κ3) is 4.17. The Morgan fingerprint density at radius 1 is 0.444 bits per heavy atom. The summed E-state index contributed by atoms with van der Waals surface area (Å²) in [4.78, 5) is 8.61. The molecule has 0 fully saturated rings. The van der Waals surface area contributed by atoms with Gasteiger partial charge in [0.1, 0.15) is 12.5 Å². The topological polar surface area (TPSA) is 57.0 Å². The molecule has 0 bridgehead atoms. The molecule has 0 unspecified atom stereocenters. The van der Waals surface area contributed by atoms with E-state index >= 15 is 0 Å². The highest BCUT2D eigenvalue weighted by atomic mass is 16.3. The van der Waals surface area contributed by atoms with Gasteiger partial charge in [-0.1, -0.05) is 78.9 Å². The van der Waals surface area contributed by atoms with Crippen molar-refractivity contribution in [2.24, 2.45) is 0 Å². The molecule has 5 nitrogen and oxygen atoms in total. The number of nitrogens with zero attached hydrogens (tertiary/aromatic N) is 3. The summed E-state index contributed by atoms with van der Waals surface area (Å²) in [5.41, 5.74) is 9.95. The van der Waals surface area contributed by atoms with Crippen LogP contribution in [-0.4, -0.2) is 14.5 Å². The van der Waals surface area contributed by atoms with E-state index in [2.05, 4.69) is 142 Å². The van der Waals surface area contributed by atoms with Gasteiger partial charge in [-0.05, 0) is 81.6 Å². The summed E-state index contributed by atoms with van der Waals surface area (Å²) < 4.78 is 13.4. The number of hydrogen-bond donors (Lipinski definition) is 0. The van der Waals surface area contributed by atoms with Crippen molar-refractivity contribution in [3.05, 3.63) is 152 Å². The first-order chi connectivity index (χ1) is 22.3. The second-order valence-corrected chi connectivity index (χ2v) is 11.1. The SMILES string of the molecule is c1ccc(-n2c3cc(-c4ccc(-c5ncco5)cc4)ccc3c3c4ccccc4c(-c4ccc(-c5ncco5)cc4)cc32)cc1. The zero-order valence-corrected chi connectivity index (χ0v) is 24.1. The van der Waals surface area contributed by atoms with E-state index in [1.54, 1.807) is 24.9 Å². The molecule has 0 amide bonds. The van der Waals surface area contributed by atoms with Crippen LogP contribution in [-0.2, 0) is 0 Å². The molecule has 3 aromatic heterocycles. The highest BCUT2D eigenvalue weighted by Gasteiger charge is 2.19. The number of benzene rings is 6. The van der Waals surface area contributed by atoms with E-state index in [0.717, 1.165) is 44.5 Å². The summed E-state index contributed by atoms with van der Waals surface area (Å²) in [6.45, 7) is 0. The van der Waals surface area contributed by atoms with Crippen molar-refractivity contribution in [1.82, 2.24) is 14.5 Å². The standard InChI is InChI=1S/C40H25N3O2/c1-2-6-31(7-3-1)43-36-24-30(26-10-14-28(15-11-26)39-41-20-22-44-39)18-19-34(36)38-33-9-5-4-8-32(33)35(25-37(38)43)27-12-16-29(17-13-27)40-42-21-23-45-40/h1-25H. The zero-order valence-electron chi connectivity index (χ0n) is 24.1. The highest BCUT2D eigenvalue weighted by molar-refractivity contribution is 6.24. The smallest absolute Gasteiger partial charge is 0.225 e. The van der Waals surface area contributed by atoms with Crippen molar-refractivity contribution in [1.29, 1.82) is 0 Å². The molecular formula is C40H25N3O2. The van der Waals surface area contributed by atoms with E-state index in [0.29, 0.717) is 11.8 Å². The summed E-state index contributed by atoms with van der Waals surface area (Å²) >= 11 is 0. The van der Waals surface area contributed by atoms with Gasteiger partial charge in [-0.15, -0.1) is 0 Å². The predicted octanol–water partition coefficient (Wildman–Crippen LogP) is 10.6. The summed E-state index contributed by atoms with van der Waals surface area (Å²) in [5, 5.41) is 4.91. The van der Waals surface area contributed by atoms with Crippen LogP contribution in [0.15, 0.2) is 161 Å². The highest BCUT2D eigenvalue weighted by Crippen LogP contribution is 2.42. The van der Waals surface area contributed by atoms with Crippen molar-refractivity contribution in [2.75, 3.05) is 0 Å². The molecule has 0 radical (unpaired) electrons. The van der Waals surface area contributed by atoms with E-state index in [1.165, 1.54) is 27.1 Å². The third-order valence-corrected chi connectivity index (χ3v) is 8.56. The first kappa shape index (κ1) is 25.3. The monoisotopic (exact) mass is 579 g/mol. The minimum atomic E-state index is 0.620. The maximum Gasteiger partial charge on any atom is 0.225 e. The number of aromatic nitrogens is 3. The summed E-state index contributed by atoms with van der Waals surface area (Å²) in [6, 6.07) is 45.3. The van der Waals surface area contributed by atoms with Gasteiger partial charge in [-0.2, -0.15) is 0 Å². The van der Waals surface area contributed by atoms with E-state index < -0.39 is 0 Å². The first-order valence-electron chi connectivity index (χ1n) is 14.9. The molecule has 3 heterocycles. The summed E-state index contributed by atoms with van der Waals surface area (Å²) in [5.74, 6) is 1.24. The van der Waals surface area contributed by atoms with Crippen LogP contribution < -0.4 is 0 Å². The van der Waals surface area contributed by atoms with Crippen molar-refractivity contribution in [3.8, 4) is 50.8 Å². The average Bonchev–Trinajstić information content (AvgIpc) is 3.90. The Morgan fingerprint density at radius 3 is 1.67 bits per heavy atom. The van der Waals surface area contributed by atoms with E-state index in [-0.39, 0.29) is 0 Å². The fourth-order valence-corrected chi connectivity index (χ4v) is 6.48. The van der Waals surface area contributed by atoms with Crippen LogP contribution in [0.2, 0.25) is 0 Å². The van der Waals surface area contributed by atoms with Gasteiger partial charge in [0.05, 0.1) is 23.4 Å². The van der Waals surface area contributed by atoms with E-state index in [1.807, 2.05) is 0 Å². The van der Waals surface area contributed by atoms with Crippen LogP contribution in [0.5, 0.6) is 0 Å². The third-order valence-electron chi connectivity index (χ3n) is 8.56. The average molecular weight is 580 g/mol. The van der Waals surface area contributed by atoms with Gasteiger partial charge in [0.2, 0.25) is 11.8 Å². The minimum Gasteiger partial charge on any atom is -0.445 e. The Bertz CT molecular complexity index is 2440. The van der Waals surface area contributed by atoms with Crippen LogP contribution in [0, 0.1) is 0 Å². The molecule has 0 atom stereocenters. The molecular weight excluding hydrogens is 554 g/mol. The largest absolute Gasteiger partial charge is 0.445 e. The van der Waals surface area contributed by atoms with Crippen molar-refractivity contribution in [2.45, 2.75) is 0 Å². The second kappa shape index (κ2) is 10.2. The predicted molar refractivity (Wildman–Crippen MR) is 180 cm³/mol. The number of para-hydroxylation sites is 1. The minimum absolute atomic E-state index is 0.620. The Labute approximate surface area is 258 Å². The molecule has 9 rings (SSSR count). The second-order valence-electron chi connectivity index (χ2n) is 11.1. The summed E-state index contributed by atoms with van der Waals surface area (Å²) in [6.07, 6.45) is 6.54. The fraction of sp³-hybridized carbons (Fsp3) is 0. The van der Waals surface area contributed by atoms with Gasteiger partial charge in [0.25, 0.3) is 0 Å². The molecule has 212 valence electrons. The maximum atomic E-state index is 5.53. The van der Waals surface area contributed by atoms with Crippen LogP contribution in [0.3, 0.4) is 0 Å². The molecule has 0 N–H and O–H groups in total. The van der Waals surface area contributed by atoms with Gasteiger partial charge in [-0.25, -0.2) is 9.97 Å². The number of rotatable bonds is 5. The summed E-state index contributed by atoms with van der Waals surface area (Å²) in [7, 11) is 0.